The lowest BCUT2D eigenvalue weighted by atomic mass is 9.90. The first kappa shape index (κ1) is 16.2. The summed E-state index contributed by atoms with van der Waals surface area (Å²) < 4.78 is 0. The van der Waals surface area contributed by atoms with E-state index < -0.39 is 23.4 Å². The number of nitrogens with zero attached hydrogens (tertiary/aromatic N) is 2. The molecule has 1 heterocycles. The minimum absolute atomic E-state index is 0.0312. The molecule has 8 nitrogen and oxygen atoms in total. The standard InChI is InChI=1S/C17H12N4O4/c1-9(22)20-13-14(21-17(25)12-8-18-6-7-19-12)16(24)11-5-3-2-4-10(11)15(13)23/h2-8H,1H3,(H,20,22)(H,21,25). The molecule has 0 atom stereocenters. The Labute approximate surface area is 142 Å². The van der Waals surface area contributed by atoms with Gasteiger partial charge in [-0.15, -0.1) is 0 Å². The highest BCUT2D eigenvalue weighted by Crippen LogP contribution is 2.24. The first-order chi connectivity index (χ1) is 12.0. The highest BCUT2D eigenvalue weighted by atomic mass is 16.2. The Morgan fingerprint density at radius 1 is 0.920 bits per heavy atom. The number of aromatic nitrogens is 2. The molecule has 1 aliphatic carbocycles. The van der Waals surface area contributed by atoms with Crippen molar-refractivity contribution >= 4 is 23.4 Å². The van der Waals surface area contributed by atoms with Gasteiger partial charge in [-0.1, -0.05) is 24.3 Å². The van der Waals surface area contributed by atoms with Crippen molar-refractivity contribution in [3.05, 3.63) is 71.1 Å². The second-order valence-corrected chi connectivity index (χ2v) is 5.18. The highest BCUT2D eigenvalue weighted by molar-refractivity contribution is 6.28. The zero-order chi connectivity index (χ0) is 18.0. The lowest BCUT2D eigenvalue weighted by molar-refractivity contribution is -0.118. The number of ketones is 2. The molecule has 1 aromatic heterocycles. The summed E-state index contributed by atoms with van der Waals surface area (Å²) in [6.07, 6.45) is 3.93. The van der Waals surface area contributed by atoms with Gasteiger partial charge >= 0.3 is 0 Å². The van der Waals surface area contributed by atoms with Gasteiger partial charge in [0.05, 0.1) is 6.20 Å². The van der Waals surface area contributed by atoms with Gasteiger partial charge in [0.2, 0.25) is 17.5 Å². The molecule has 25 heavy (non-hydrogen) atoms. The number of benzene rings is 1. The summed E-state index contributed by atoms with van der Waals surface area (Å²) in [6, 6.07) is 6.18. The lowest BCUT2D eigenvalue weighted by Crippen LogP contribution is -2.39. The van der Waals surface area contributed by atoms with E-state index in [1.807, 2.05) is 0 Å². The zero-order valence-corrected chi connectivity index (χ0v) is 13.1. The Kier molecular flexibility index (Phi) is 4.17. The second-order valence-electron chi connectivity index (χ2n) is 5.18. The van der Waals surface area contributed by atoms with E-state index in [0.717, 1.165) is 0 Å². The first-order valence-electron chi connectivity index (χ1n) is 7.26. The molecule has 2 aromatic rings. The Morgan fingerprint density at radius 3 is 2.04 bits per heavy atom. The fraction of sp³-hybridized carbons (Fsp3) is 0.0588. The number of hydrogen-bond donors (Lipinski definition) is 2. The number of nitrogens with one attached hydrogen (secondary N) is 2. The predicted octanol–water partition coefficient (Wildman–Crippen LogP) is 0.633. The SMILES string of the molecule is CC(=O)NC1=C(NC(=O)c2cnccn2)C(=O)c2ccccc2C1=O. The van der Waals surface area contributed by atoms with E-state index in [4.69, 9.17) is 0 Å². The molecule has 1 aromatic carbocycles. The average molecular weight is 336 g/mol. The molecule has 0 spiro atoms. The van der Waals surface area contributed by atoms with Crippen LogP contribution in [0.25, 0.3) is 0 Å². The number of Topliss-reactive ketones (excluding diaryl/α,β-unsaturated/α-hetero) is 2. The third kappa shape index (κ3) is 3.05. The maximum Gasteiger partial charge on any atom is 0.276 e. The van der Waals surface area contributed by atoms with E-state index in [0.29, 0.717) is 0 Å². The van der Waals surface area contributed by atoms with Gasteiger partial charge in [0.1, 0.15) is 17.1 Å². The van der Waals surface area contributed by atoms with Gasteiger partial charge in [0.15, 0.2) is 0 Å². The van der Waals surface area contributed by atoms with E-state index in [-0.39, 0.29) is 28.2 Å². The summed E-state index contributed by atoms with van der Waals surface area (Å²) in [6.45, 7) is 1.20. The topological polar surface area (TPSA) is 118 Å². The monoisotopic (exact) mass is 336 g/mol. The smallest absolute Gasteiger partial charge is 0.276 e. The van der Waals surface area contributed by atoms with Crippen LogP contribution in [0.5, 0.6) is 0 Å². The number of hydrogen-bond acceptors (Lipinski definition) is 6. The van der Waals surface area contributed by atoms with Crippen molar-refractivity contribution < 1.29 is 19.2 Å². The lowest BCUT2D eigenvalue weighted by Gasteiger charge is -2.21. The van der Waals surface area contributed by atoms with Crippen molar-refractivity contribution in [1.82, 2.24) is 20.6 Å². The van der Waals surface area contributed by atoms with Crippen LogP contribution in [0, 0.1) is 0 Å². The Balaban J connectivity index is 2.06. The zero-order valence-electron chi connectivity index (χ0n) is 13.1. The van der Waals surface area contributed by atoms with Crippen molar-refractivity contribution in [2.24, 2.45) is 0 Å². The highest BCUT2D eigenvalue weighted by Gasteiger charge is 2.34. The molecule has 0 fully saturated rings. The average Bonchev–Trinajstić information content (AvgIpc) is 2.63. The maximum atomic E-state index is 12.7. The Hall–Kier alpha value is -3.68. The number of allylic oxidation sites excluding steroid dienone is 2. The van der Waals surface area contributed by atoms with Crippen LogP contribution in [0.4, 0.5) is 0 Å². The molecule has 124 valence electrons. The van der Waals surface area contributed by atoms with Crippen molar-refractivity contribution in [1.29, 1.82) is 0 Å². The summed E-state index contributed by atoms with van der Waals surface area (Å²) in [5.74, 6) is -2.38. The largest absolute Gasteiger partial charge is 0.321 e. The molecule has 0 unspecified atom stereocenters. The predicted molar refractivity (Wildman–Crippen MR) is 85.4 cm³/mol. The molecule has 0 radical (unpaired) electrons. The molecule has 2 N–H and O–H groups in total. The molecular formula is C17H12N4O4. The summed E-state index contributed by atoms with van der Waals surface area (Å²) >= 11 is 0. The molecule has 2 amide bonds. The van der Waals surface area contributed by atoms with Gasteiger partial charge in [0.25, 0.3) is 5.91 Å². The Bertz CT molecular complexity index is 935. The molecule has 0 saturated heterocycles. The Morgan fingerprint density at radius 2 is 1.52 bits per heavy atom. The number of carbonyl (C=O) groups excluding carboxylic acids is 4. The van der Waals surface area contributed by atoms with Gasteiger partial charge in [-0.05, 0) is 0 Å². The third-order valence-corrected chi connectivity index (χ3v) is 3.46. The van der Waals surface area contributed by atoms with Crippen LogP contribution in [0.3, 0.4) is 0 Å². The summed E-state index contributed by atoms with van der Waals surface area (Å²) in [4.78, 5) is 56.7. The van der Waals surface area contributed by atoms with Crippen LogP contribution < -0.4 is 10.6 Å². The van der Waals surface area contributed by atoms with Crippen LogP contribution in [0.1, 0.15) is 38.1 Å². The van der Waals surface area contributed by atoms with Crippen molar-refractivity contribution in [2.45, 2.75) is 6.92 Å². The molecule has 0 bridgehead atoms. The van der Waals surface area contributed by atoms with Crippen LogP contribution in [-0.2, 0) is 4.79 Å². The fourth-order valence-electron chi connectivity index (χ4n) is 2.38. The molecular weight excluding hydrogens is 324 g/mol. The van der Waals surface area contributed by atoms with E-state index in [1.54, 1.807) is 12.1 Å². The number of fused-ring (bicyclic) bond motifs is 1. The second kappa shape index (κ2) is 6.44. The fourth-order valence-corrected chi connectivity index (χ4v) is 2.38. The first-order valence-corrected chi connectivity index (χ1v) is 7.26. The molecule has 8 heteroatoms. The van der Waals surface area contributed by atoms with E-state index >= 15 is 0 Å². The van der Waals surface area contributed by atoms with Crippen LogP contribution >= 0.6 is 0 Å². The van der Waals surface area contributed by atoms with Gasteiger partial charge in [0, 0.05) is 30.4 Å². The van der Waals surface area contributed by atoms with E-state index in [1.165, 1.54) is 37.6 Å². The summed E-state index contributed by atoms with van der Waals surface area (Å²) in [5, 5.41) is 4.69. The van der Waals surface area contributed by atoms with Crippen LogP contribution in [0.2, 0.25) is 0 Å². The molecule has 0 aliphatic heterocycles. The van der Waals surface area contributed by atoms with Crippen molar-refractivity contribution in [3.8, 4) is 0 Å². The number of amides is 2. The van der Waals surface area contributed by atoms with Gasteiger partial charge in [-0.2, -0.15) is 0 Å². The normalized spacial score (nSPS) is 13.3. The van der Waals surface area contributed by atoms with Gasteiger partial charge in [-0.3, -0.25) is 24.2 Å². The third-order valence-electron chi connectivity index (χ3n) is 3.46. The van der Waals surface area contributed by atoms with Gasteiger partial charge in [-0.25, -0.2) is 4.98 Å². The van der Waals surface area contributed by atoms with Crippen molar-refractivity contribution in [2.75, 3.05) is 0 Å². The molecule has 3 rings (SSSR count). The van der Waals surface area contributed by atoms with Crippen LogP contribution in [0.15, 0.2) is 54.3 Å². The molecule has 1 aliphatic rings. The van der Waals surface area contributed by atoms with Gasteiger partial charge < -0.3 is 10.6 Å². The summed E-state index contributed by atoms with van der Waals surface area (Å²) in [7, 11) is 0. The summed E-state index contributed by atoms with van der Waals surface area (Å²) in [5.41, 5.74) is -0.288. The van der Waals surface area contributed by atoms with Crippen molar-refractivity contribution in [3.63, 3.8) is 0 Å². The minimum Gasteiger partial charge on any atom is -0.321 e. The number of rotatable bonds is 3. The van der Waals surface area contributed by atoms with Crippen LogP contribution in [-0.4, -0.2) is 33.3 Å². The maximum absolute atomic E-state index is 12.7. The molecule has 0 saturated carbocycles. The number of carbonyl (C=O) groups is 4. The van der Waals surface area contributed by atoms with E-state index in [2.05, 4.69) is 20.6 Å². The quantitative estimate of drug-likeness (QED) is 0.849. The van der Waals surface area contributed by atoms with E-state index in [9.17, 15) is 19.2 Å². The minimum atomic E-state index is -0.716.